The molecule has 5 aromatic rings. The Morgan fingerprint density at radius 1 is 1.09 bits per heavy atom. The molecule has 1 aliphatic heterocycles. The highest BCUT2D eigenvalue weighted by Gasteiger charge is 2.28. The lowest BCUT2D eigenvalue weighted by molar-refractivity contribution is 0.282. The van der Waals surface area contributed by atoms with Gasteiger partial charge in [-0.15, -0.1) is 5.10 Å². The molecule has 3 aromatic heterocycles. The Balaban J connectivity index is 1.37. The predicted molar refractivity (Wildman–Crippen MR) is 130 cm³/mol. The van der Waals surface area contributed by atoms with Crippen molar-refractivity contribution in [1.82, 2.24) is 34.7 Å². The highest BCUT2D eigenvalue weighted by molar-refractivity contribution is 6.31. The molecule has 0 fully saturated rings. The Kier molecular flexibility index (Phi) is 5.28. The van der Waals surface area contributed by atoms with Gasteiger partial charge in [0.2, 0.25) is 0 Å². The number of aliphatic hydroxyl groups is 1. The summed E-state index contributed by atoms with van der Waals surface area (Å²) in [4.78, 5) is 21.3. The number of benzene rings is 2. The van der Waals surface area contributed by atoms with Crippen LogP contribution in [0, 0.1) is 0 Å². The summed E-state index contributed by atoms with van der Waals surface area (Å²) in [5.74, 6) is 0.747. The minimum Gasteiger partial charge on any atom is -0.392 e. The molecule has 2 aromatic carbocycles. The quantitative estimate of drug-likeness (QED) is 0.393. The van der Waals surface area contributed by atoms with Crippen LogP contribution in [0.4, 0.5) is 0 Å². The molecule has 6 rings (SSSR count). The minimum atomic E-state index is -0.171. The zero-order chi connectivity index (χ0) is 23.9. The molecule has 0 aliphatic carbocycles. The number of nitrogens with zero attached hydrogens (tertiary/aromatic N) is 6. The number of H-pyrrole nitrogens is 1. The van der Waals surface area contributed by atoms with Gasteiger partial charge in [0.15, 0.2) is 0 Å². The lowest BCUT2D eigenvalue weighted by Gasteiger charge is -2.15. The molecule has 10 heteroatoms. The number of nitrogens with one attached hydrogen (secondary N) is 1. The second-order valence-electron chi connectivity index (χ2n) is 8.45. The maximum Gasteiger partial charge on any atom is 0.252 e. The van der Waals surface area contributed by atoms with E-state index in [1.54, 1.807) is 23.0 Å². The number of halogens is 1. The lowest BCUT2D eigenvalue weighted by atomic mass is 10.0. The molecule has 174 valence electrons. The fourth-order valence-corrected chi connectivity index (χ4v) is 4.83. The number of aliphatic hydroxyl groups excluding tert-OH is 1. The number of fused-ring (bicyclic) bond motifs is 1. The third kappa shape index (κ3) is 3.84. The Morgan fingerprint density at radius 2 is 1.94 bits per heavy atom. The number of aryl methyl sites for hydroxylation is 1. The number of tetrazole rings is 1. The first-order valence-electron chi connectivity index (χ1n) is 11.1. The summed E-state index contributed by atoms with van der Waals surface area (Å²) in [5, 5.41) is 21.3. The van der Waals surface area contributed by atoms with Crippen LogP contribution in [-0.2, 0) is 13.0 Å². The minimum absolute atomic E-state index is 0.00463. The van der Waals surface area contributed by atoms with E-state index in [2.05, 4.69) is 25.5 Å². The van der Waals surface area contributed by atoms with Crippen molar-refractivity contribution in [3.05, 3.63) is 99.6 Å². The van der Waals surface area contributed by atoms with E-state index in [1.807, 2.05) is 47.0 Å². The van der Waals surface area contributed by atoms with Gasteiger partial charge in [0.25, 0.3) is 5.56 Å². The first-order chi connectivity index (χ1) is 17.1. The summed E-state index contributed by atoms with van der Waals surface area (Å²) in [7, 11) is 0. The van der Waals surface area contributed by atoms with Gasteiger partial charge < -0.3 is 14.7 Å². The number of rotatable bonds is 5. The van der Waals surface area contributed by atoms with E-state index < -0.39 is 0 Å². The SMILES string of the molecule is O=c1cc(-c2cc(Cl)ccc2-n2cnnn2)cc2n1C(c1ncc(-c3ccc(CO)cc3)[nH]1)CC2. The smallest absolute Gasteiger partial charge is 0.252 e. The average Bonchev–Trinajstić information content (AvgIpc) is 3.65. The average molecular weight is 486 g/mol. The van der Waals surface area contributed by atoms with Crippen LogP contribution < -0.4 is 5.56 Å². The zero-order valence-corrected chi connectivity index (χ0v) is 19.2. The lowest BCUT2D eigenvalue weighted by Crippen LogP contribution is -2.23. The van der Waals surface area contributed by atoms with E-state index in [0.717, 1.165) is 58.0 Å². The van der Waals surface area contributed by atoms with Gasteiger partial charge in [-0.2, -0.15) is 4.68 Å². The number of imidazole rings is 1. The van der Waals surface area contributed by atoms with Crippen molar-refractivity contribution < 1.29 is 5.11 Å². The summed E-state index contributed by atoms with van der Waals surface area (Å²) in [6, 6.07) is 16.5. The van der Waals surface area contributed by atoms with Crippen LogP contribution in [0.3, 0.4) is 0 Å². The Labute approximate surface area is 204 Å². The van der Waals surface area contributed by atoms with E-state index in [0.29, 0.717) is 5.02 Å². The third-order valence-electron chi connectivity index (χ3n) is 6.36. The van der Waals surface area contributed by atoms with Gasteiger partial charge in [-0.3, -0.25) is 4.79 Å². The second-order valence-corrected chi connectivity index (χ2v) is 8.89. The number of hydrogen-bond donors (Lipinski definition) is 2. The molecule has 0 saturated heterocycles. The zero-order valence-electron chi connectivity index (χ0n) is 18.5. The molecule has 4 heterocycles. The summed E-state index contributed by atoms with van der Waals surface area (Å²) < 4.78 is 3.36. The first kappa shape index (κ1) is 21.5. The summed E-state index contributed by atoms with van der Waals surface area (Å²) in [6.45, 7) is 0.00463. The monoisotopic (exact) mass is 485 g/mol. The topological polar surface area (TPSA) is 115 Å². The van der Waals surface area contributed by atoms with E-state index in [-0.39, 0.29) is 18.2 Å². The molecule has 0 amide bonds. The fourth-order valence-electron chi connectivity index (χ4n) is 4.66. The molecule has 0 spiro atoms. The molecular weight excluding hydrogens is 466 g/mol. The highest BCUT2D eigenvalue weighted by atomic mass is 35.5. The molecule has 0 saturated carbocycles. The van der Waals surface area contributed by atoms with Gasteiger partial charge in [0.1, 0.15) is 12.2 Å². The van der Waals surface area contributed by atoms with E-state index in [4.69, 9.17) is 11.6 Å². The van der Waals surface area contributed by atoms with Gasteiger partial charge in [-0.05, 0) is 64.2 Å². The van der Waals surface area contributed by atoms with E-state index in [1.165, 1.54) is 6.33 Å². The maximum absolute atomic E-state index is 13.3. The van der Waals surface area contributed by atoms with Crippen LogP contribution in [0.25, 0.3) is 28.1 Å². The number of aromatic amines is 1. The van der Waals surface area contributed by atoms with Crippen molar-refractivity contribution in [2.24, 2.45) is 0 Å². The first-order valence-corrected chi connectivity index (χ1v) is 11.5. The molecule has 1 atom stereocenters. The van der Waals surface area contributed by atoms with Crippen LogP contribution >= 0.6 is 11.6 Å². The largest absolute Gasteiger partial charge is 0.392 e. The van der Waals surface area contributed by atoms with Gasteiger partial charge in [0.05, 0.1) is 30.2 Å². The molecule has 0 radical (unpaired) electrons. The van der Waals surface area contributed by atoms with Crippen molar-refractivity contribution >= 4 is 11.6 Å². The van der Waals surface area contributed by atoms with Gasteiger partial charge >= 0.3 is 0 Å². The van der Waals surface area contributed by atoms with Crippen molar-refractivity contribution in [1.29, 1.82) is 0 Å². The molecule has 1 unspecified atom stereocenters. The third-order valence-corrected chi connectivity index (χ3v) is 6.59. The molecule has 35 heavy (non-hydrogen) atoms. The normalized spacial score (nSPS) is 14.9. The predicted octanol–water partition coefficient (Wildman–Crippen LogP) is 3.56. The number of pyridine rings is 1. The maximum atomic E-state index is 13.3. The van der Waals surface area contributed by atoms with Crippen LogP contribution in [0.5, 0.6) is 0 Å². The Bertz CT molecular complexity index is 1570. The Hall–Kier alpha value is -4.08. The van der Waals surface area contributed by atoms with Crippen LogP contribution in [-0.4, -0.2) is 39.8 Å². The molecule has 1 aliphatic rings. The van der Waals surface area contributed by atoms with Gasteiger partial charge in [-0.25, -0.2) is 4.98 Å². The van der Waals surface area contributed by atoms with Gasteiger partial charge in [0, 0.05) is 22.3 Å². The highest BCUT2D eigenvalue weighted by Crippen LogP contribution is 2.34. The molecular formula is C25H20ClN7O2. The molecule has 0 bridgehead atoms. The van der Waals surface area contributed by atoms with Crippen molar-refractivity contribution in [2.75, 3.05) is 0 Å². The van der Waals surface area contributed by atoms with Crippen LogP contribution in [0.2, 0.25) is 5.02 Å². The Morgan fingerprint density at radius 3 is 2.71 bits per heavy atom. The van der Waals surface area contributed by atoms with Crippen molar-refractivity contribution in [2.45, 2.75) is 25.5 Å². The summed E-state index contributed by atoms with van der Waals surface area (Å²) in [6.07, 6.45) is 4.81. The van der Waals surface area contributed by atoms with E-state index in [9.17, 15) is 9.90 Å². The van der Waals surface area contributed by atoms with Crippen LogP contribution in [0.15, 0.2) is 71.9 Å². The fraction of sp³-hybridized carbons (Fsp3) is 0.160. The standard InChI is InChI=1S/C25H20ClN7O2/c26-18-5-7-22(32-14-28-30-31-32)20(11-18)17-9-19-6-8-23(33(19)24(35)10-17)25-27-12-21(29-25)16-3-1-15(13-34)2-4-16/h1-5,7,9-12,14,23,34H,6,8,13H2,(H,27,29). The molecule has 9 nitrogen and oxygen atoms in total. The van der Waals surface area contributed by atoms with E-state index >= 15 is 0 Å². The summed E-state index contributed by atoms with van der Waals surface area (Å²) in [5.41, 5.74) is 5.80. The van der Waals surface area contributed by atoms with Crippen molar-refractivity contribution in [3.8, 4) is 28.1 Å². The van der Waals surface area contributed by atoms with Gasteiger partial charge in [-0.1, -0.05) is 35.9 Å². The van der Waals surface area contributed by atoms with Crippen LogP contribution in [0.1, 0.15) is 29.5 Å². The number of aromatic nitrogens is 7. The molecule has 2 N–H and O–H groups in total. The summed E-state index contributed by atoms with van der Waals surface area (Å²) >= 11 is 6.29. The number of hydrogen-bond acceptors (Lipinski definition) is 6. The second kappa shape index (κ2) is 8.61. The van der Waals surface area contributed by atoms with Crippen molar-refractivity contribution in [3.63, 3.8) is 0 Å².